The fourth-order valence-corrected chi connectivity index (χ4v) is 4.19. The maximum atomic E-state index is 12.8. The Bertz CT molecular complexity index is 785. The number of hydrogen-bond donors (Lipinski definition) is 1. The molecular weight excluding hydrogens is 404 g/mol. The molecule has 2 amide bonds. The van der Waals surface area contributed by atoms with Crippen LogP contribution < -0.4 is 5.32 Å². The van der Waals surface area contributed by atoms with Gasteiger partial charge < -0.3 is 19.4 Å². The summed E-state index contributed by atoms with van der Waals surface area (Å²) < 4.78 is 10.9. The van der Waals surface area contributed by atoms with Crippen molar-refractivity contribution in [3.8, 4) is 0 Å². The lowest BCUT2D eigenvalue weighted by atomic mass is 10.0. The summed E-state index contributed by atoms with van der Waals surface area (Å²) in [6.07, 6.45) is 1.70. The summed E-state index contributed by atoms with van der Waals surface area (Å²) in [5.74, 6) is 0.962. The van der Waals surface area contributed by atoms with Crippen LogP contribution in [-0.4, -0.2) is 79.8 Å². The molecule has 2 aliphatic rings. The van der Waals surface area contributed by atoms with Gasteiger partial charge in [0.1, 0.15) is 5.76 Å². The minimum Gasteiger partial charge on any atom is -0.468 e. The van der Waals surface area contributed by atoms with Crippen LogP contribution in [0.5, 0.6) is 0 Å². The van der Waals surface area contributed by atoms with Crippen molar-refractivity contribution < 1.29 is 13.9 Å². The first-order valence-corrected chi connectivity index (χ1v) is 10.9. The molecule has 0 spiro atoms. The molecule has 162 valence electrons. The monoisotopic (exact) mass is 432 g/mol. The fourth-order valence-electron chi connectivity index (χ4n) is 4.06. The highest BCUT2D eigenvalue weighted by molar-refractivity contribution is 6.30. The Balaban J connectivity index is 1.30. The second-order valence-electron chi connectivity index (χ2n) is 7.74. The van der Waals surface area contributed by atoms with Gasteiger partial charge in [-0.25, -0.2) is 4.79 Å². The van der Waals surface area contributed by atoms with E-state index in [0.717, 1.165) is 75.4 Å². The van der Waals surface area contributed by atoms with Gasteiger partial charge in [-0.15, -0.1) is 0 Å². The van der Waals surface area contributed by atoms with Gasteiger partial charge in [0.25, 0.3) is 0 Å². The van der Waals surface area contributed by atoms with Crippen LogP contribution >= 0.6 is 11.6 Å². The van der Waals surface area contributed by atoms with E-state index in [2.05, 4.69) is 15.1 Å². The summed E-state index contributed by atoms with van der Waals surface area (Å²) in [5.41, 5.74) is 1.16. The van der Waals surface area contributed by atoms with Crippen LogP contribution in [-0.2, 0) is 11.3 Å². The molecule has 1 unspecified atom stereocenters. The lowest BCUT2D eigenvalue weighted by Crippen LogP contribution is -2.52. The summed E-state index contributed by atoms with van der Waals surface area (Å²) in [7, 11) is 0. The molecule has 0 saturated carbocycles. The Morgan fingerprint density at radius 1 is 1.03 bits per heavy atom. The van der Waals surface area contributed by atoms with Crippen molar-refractivity contribution >= 4 is 17.6 Å². The standard InChI is InChI=1S/C22H29ClN4O3/c23-19-5-3-18(4-6-19)21(26-11-14-29-15-12-26)16-24-22(28)27-9-7-25(8-10-27)17-20-2-1-13-30-20/h1-6,13,21H,7-12,14-17H2,(H,24,28). The van der Waals surface area contributed by atoms with E-state index in [4.69, 9.17) is 20.8 Å². The smallest absolute Gasteiger partial charge is 0.317 e. The molecule has 7 nitrogen and oxygen atoms in total. The van der Waals surface area contributed by atoms with E-state index in [1.54, 1.807) is 6.26 Å². The molecule has 2 fully saturated rings. The molecule has 0 radical (unpaired) electrons. The van der Waals surface area contributed by atoms with Gasteiger partial charge in [0, 0.05) is 50.8 Å². The van der Waals surface area contributed by atoms with E-state index in [0.29, 0.717) is 6.54 Å². The second-order valence-corrected chi connectivity index (χ2v) is 8.18. The normalized spacial score (nSPS) is 19.6. The second kappa shape index (κ2) is 10.3. The number of carbonyl (C=O) groups excluding carboxylic acids is 1. The van der Waals surface area contributed by atoms with E-state index >= 15 is 0 Å². The largest absolute Gasteiger partial charge is 0.468 e. The van der Waals surface area contributed by atoms with Gasteiger partial charge in [0.15, 0.2) is 0 Å². The number of hydrogen-bond acceptors (Lipinski definition) is 5. The molecule has 1 aromatic heterocycles. The van der Waals surface area contributed by atoms with Gasteiger partial charge in [0.2, 0.25) is 0 Å². The topological polar surface area (TPSA) is 61.2 Å². The lowest BCUT2D eigenvalue weighted by Gasteiger charge is -2.37. The van der Waals surface area contributed by atoms with Crippen LogP contribution in [0, 0.1) is 0 Å². The van der Waals surface area contributed by atoms with Crippen molar-refractivity contribution in [1.29, 1.82) is 0 Å². The molecule has 4 rings (SSSR count). The van der Waals surface area contributed by atoms with Crippen molar-refractivity contribution in [2.24, 2.45) is 0 Å². The van der Waals surface area contributed by atoms with Gasteiger partial charge in [-0.05, 0) is 29.8 Å². The SMILES string of the molecule is O=C(NCC(c1ccc(Cl)cc1)N1CCOCC1)N1CCN(Cc2ccco2)CC1. The summed E-state index contributed by atoms with van der Waals surface area (Å²) in [4.78, 5) is 19.4. The zero-order chi connectivity index (χ0) is 20.8. The summed E-state index contributed by atoms with van der Waals surface area (Å²) >= 11 is 6.07. The van der Waals surface area contributed by atoms with Crippen LogP contribution in [0.4, 0.5) is 4.79 Å². The number of nitrogens with one attached hydrogen (secondary N) is 1. The van der Waals surface area contributed by atoms with Crippen molar-refractivity contribution in [2.45, 2.75) is 12.6 Å². The van der Waals surface area contributed by atoms with Crippen LogP contribution in [0.1, 0.15) is 17.4 Å². The van der Waals surface area contributed by atoms with Crippen LogP contribution in [0.2, 0.25) is 5.02 Å². The maximum absolute atomic E-state index is 12.8. The number of furan rings is 1. The van der Waals surface area contributed by atoms with E-state index in [1.165, 1.54) is 0 Å². The number of amides is 2. The van der Waals surface area contributed by atoms with Gasteiger partial charge in [-0.2, -0.15) is 0 Å². The molecule has 1 atom stereocenters. The predicted octanol–water partition coefficient (Wildman–Crippen LogP) is 2.83. The van der Waals surface area contributed by atoms with Gasteiger partial charge in [-0.3, -0.25) is 9.80 Å². The molecule has 8 heteroatoms. The Morgan fingerprint density at radius 2 is 1.77 bits per heavy atom. The third kappa shape index (κ3) is 5.55. The molecule has 1 aromatic carbocycles. The molecule has 30 heavy (non-hydrogen) atoms. The number of benzene rings is 1. The number of carbonyl (C=O) groups is 1. The minimum absolute atomic E-state index is 0.000119. The maximum Gasteiger partial charge on any atom is 0.317 e. The predicted molar refractivity (Wildman–Crippen MR) is 116 cm³/mol. The van der Waals surface area contributed by atoms with Crippen LogP contribution in [0.3, 0.4) is 0 Å². The number of piperazine rings is 1. The Labute approximate surface area is 182 Å². The molecular formula is C22H29ClN4O3. The summed E-state index contributed by atoms with van der Waals surface area (Å²) in [6, 6.07) is 11.9. The highest BCUT2D eigenvalue weighted by Gasteiger charge is 2.26. The third-order valence-electron chi connectivity index (χ3n) is 5.81. The van der Waals surface area contributed by atoms with Crippen molar-refractivity contribution in [3.63, 3.8) is 0 Å². The van der Waals surface area contributed by atoms with E-state index in [1.807, 2.05) is 41.3 Å². The quantitative estimate of drug-likeness (QED) is 0.760. The van der Waals surface area contributed by atoms with Gasteiger partial charge in [-0.1, -0.05) is 23.7 Å². The average Bonchev–Trinajstić information content (AvgIpc) is 3.29. The number of rotatable bonds is 6. The number of nitrogens with zero attached hydrogens (tertiary/aromatic N) is 3. The van der Waals surface area contributed by atoms with Gasteiger partial charge in [0.05, 0.1) is 32.1 Å². The molecule has 2 aromatic rings. The first-order chi connectivity index (χ1) is 14.7. The average molecular weight is 433 g/mol. The number of morpholine rings is 1. The van der Waals surface area contributed by atoms with Crippen LogP contribution in [0.25, 0.3) is 0 Å². The first kappa shape index (κ1) is 21.2. The zero-order valence-electron chi connectivity index (χ0n) is 17.1. The lowest BCUT2D eigenvalue weighted by molar-refractivity contribution is 0.0163. The van der Waals surface area contributed by atoms with E-state index in [-0.39, 0.29) is 12.1 Å². The van der Waals surface area contributed by atoms with E-state index in [9.17, 15) is 4.79 Å². The number of halogens is 1. The molecule has 2 aliphatic heterocycles. The molecule has 0 aliphatic carbocycles. The number of urea groups is 1. The van der Waals surface area contributed by atoms with Gasteiger partial charge >= 0.3 is 6.03 Å². The van der Waals surface area contributed by atoms with Crippen molar-refractivity contribution in [2.75, 3.05) is 59.0 Å². The Hall–Kier alpha value is -2.06. The van der Waals surface area contributed by atoms with Crippen LogP contribution in [0.15, 0.2) is 47.1 Å². The Kier molecular flexibility index (Phi) is 7.28. The molecule has 3 heterocycles. The molecule has 2 saturated heterocycles. The number of ether oxygens (including phenoxy) is 1. The summed E-state index contributed by atoms with van der Waals surface area (Å²) in [5, 5.41) is 3.88. The fraction of sp³-hybridized carbons (Fsp3) is 0.500. The van der Waals surface area contributed by atoms with Crippen molar-refractivity contribution in [3.05, 3.63) is 59.0 Å². The zero-order valence-corrected chi connectivity index (χ0v) is 17.9. The highest BCUT2D eigenvalue weighted by atomic mass is 35.5. The minimum atomic E-state index is -0.000119. The third-order valence-corrected chi connectivity index (χ3v) is 6.06. The molecule has 1 N–H and O–H groups in total. The Morgan fingerprint density at radius 3 is 2.43 bits per heavy atom. The summed E-state index contributed by atoms with van der Waals surface area (Å²) in [6.45, 7) is 7.63. The first-order valence-electron chi connectivity index (χ1n) is 10.5. The molecule has 0 bridgehead atoms. The highest BCUT2D eigenvalue weighted by Crippen LogP contribution is 2.23. The van der Waals surface area contributed by atoms with E-state index < -0.39 is 0 Å². The van der Waals surface area contributed by atoms with Crippen molar-refractivity contribution in [1.82, 2.24) is 20.0 Å².